The molecule has 0 amide bonds. The number of aromatic nitrogens is 1. The topological polar surface area (TPSA) is 11.6 Å². The number of pyridine rings is 1. The van der Waals surface area contributed by atoms with Gasteiger partial charge in [0.25, 0.3) is 0 Å². The molecular formula is C38H50Br2FN3. The molecule has 0 unspecified atom stereocenters. The molecule has 0 fully saturated rings. The van der Waals surface area contributed by atoms with Gasteiger partial charge < -0.3 is 43.8 Å². The number of allylic oxidation sites excluding steroid dienone is 2. The van der Waals surface area contributed by atoms with Crippen molar-refractivity contribution in [3.05, 3.63) is 96.0 Å². The third kappa shape index (κ3) is 10.3. The highest BCUT2D eigenvalue weighted by Crippen LogP contribution is 2.25. The van der Waals surface area contributed by atoms with Crippen molar-refractivity contribution in [2.24, 2.45) is 0 Å². The third-order valence-electron chi connectivity index (χ3n) is 8.40. The minimum atomic E-state index is -0.179. The van der Waals surface area contributed by atoms with E-state index in [1.165, 1.54) is 42.1 Å². The number of aryl methyl sites for hydroxylation is 1. The lowest BCUT2D eigenvalue weighted by Crippen LogP contribution is -3.11. The summed E-state index contributed by atoms with van der Waals surface area (Å²) in [7, 11) is 0. The number of hydrogen-bond acceptors (Lipinski definition) is 1. The predicted molar refractivity (Wildman–Crippen MR) is 180 cm³/mol. The Bertz CT molecular complexity index is 1490. The molecule has 1 heterocycles. The average molecular weight is 728 g/mol. The van der Waals surface area contributed by atoms with Gasteiger partial charge in [0.15, 0.2) is 12.4 Å². The fraction of sp³-hybridized carbons (Fsp3) is 0.395. The summed E-state index contributed by atoms with van der Waals surface area (Å²) in [5, 5.41) is 3.46. The molecule has 1 N–H and O–H groups in total. The lowest BCUT2D eigenvalue weighted by Gasteiger charge is -2.25. The van der Waals surface area contributed by atoms with Gasteiger partial charge in [-0.2, -0.15) is 8.96 Å². The van der Waals surface area contributed by atoms with Crippen LogP contribution in [0.2, 0.25) is 0 Å². The quantitative estimate of drug-likeness (QED) is 0.138. The minimum Gasteiger partial charge on any atom is -1.00 e. The largest absolute Gasteiger partial charge is 1.00 e. The normalized spacial score (nSPS) is 11.5. The van der Waals surface area contributed by atoms with Gasteiger partial charge in [0.1, 0.15) is 0 Å². The first-order valence-corrected chi connectivity index (χ1v) is 16.2. The molecule has 3 nitrogen and oxygen atoms in total. The fourth-order valence-corrected chi connectivity index (χ4v) is 5.75. The number of anilines is 1. The van der Waals surface area contributed by atoms with Crippen molar-refractivity contribution in [3.8, 4) is 0 Å². The lowest BCUT2D eigenvalue weighted by atomic mass is 10.0. The molecule has 0 bridgehead atoms. The van der Waals surface area contributed by atoms with Gasteiger partial charge >= 0.3 is 0 Å². The van der Waals surface area contributed by atoms with Crippen LogP contribution in [0.15, 0.2) is 79.0 Å². The van der Waals surface area contributed by atoms with E-state index >= 15 is 4.39 Å². The van der Waals surface area contributed by atoms with Crippen molar-refractivity contribution in [2.75, 3.05) is 37.6 Å². The summed E-state index contributed by atoms with van der Waals surface area (Å²) in [5.74, 6) is -0.179. The third-order valence-corrected chi connectivity index (χ3v) is 8.40. The monoisotopic (exact) mass is 725 g/mol. The Kier molecular flexibility index (Phi) is 16.9. The van der Waals surface area contributed by atoms with Crippen LogP contribution in [0.5, 0.6) is 0 Å². The van der Waals surface area contributed by atoms with Gasteiger partial charge in [0.2, 0.25) is 11.7 Å². The highest BCUT2D eigenvalue weighted by atomic mass is 79.9. The van der Waals surface area contributed by atoms with Gasteiger partial charge in [-0.1, -0.05) is 81.3 Å². The molecule has 0 aliphatic rings. The Labute approximate surface area is 286 Å². The number of para-hydroxylation sites is 1. The van der Waals surface area contributed by atoms with Crippen LogP contribution in [0, 0.1) is 5.82 Å². The second kappa shape index (κ2) is 19.8. The number of fused-ring (bicyclic) bond motifs is 2. The lowest BCUT2D eigenvalue weighted by molar-refractivity contribution is -0.898. The molecule has 4 aromatic rings. The van der Waals surface area contributed by atoms with Crippen molar-refractivity contribution < 1.29 is 47.8 Å². The number of unbranched alkanes of at least 4 members (excludes halogenated alkanes) is 2. The summed E-state index contributed by atoms with van der Waals surface area (Å²) in [6, 6.07) is 21.6. The maximum absolute atomic E-state index is 15.3. The first kappa shape index (κ1) is 37.6. The van der Waals surface area contributed by atoms with E-state index in [1.807, 2.05) is 36.4 Å². The fourth-order valence-electron chi connectivity index (χ4n) is 5.75. The zero-order valence-electron chi connectivity index (χ0n) is 27.0. The molecule has 4 rings (SSSR count). The van der Waals surface area contributed by atoms with Crippen LogP contribution in [0.1, 0.15) is 70.9 Å². The molecule has 0 spiro atoms. The van der Waals surface area contributed by atoms with E-state index in [-0.39, 0.29) is 39.8 Å². The van der Waals surface area contributed by atoms with Gasteiger partial charge in [-0.3, -0.25) is 0 Å². The van der Waals surface area contributed by atoms with E-state index in [9.17, 15) is 0 Å². The SMILES string of the molecule is CCCCN(CCCC)c1ccc2cc(/C=C/C=C/c3c(F)c[n+](CCC[NH+](CC)CC)c4ccccc34)ccc2c1.[Br-].[Br-]. The van der Waals surface area contributed by atoms with Gasteiger partial charge in [-0.25, -0.2) is 0 Å². The number of hydrogen-bond donors (Lipinski definition) is 1. The summed E-state index contributed by atoms with van der Waals surface area (Å²) in [5.41, 5.74) is 4.18. The summed E-state index contributed by atoms with van der Waals surface area (Å²) in [6.07, 6.45) is 15.5. The van der Waals surface area contributed by atoms with Crippen LogP contribution in [0.3, 0.4) is 0 Å². The summed E-state index contributed by atoms with van der Waals surface area (Å²) >= 11 is 0. The number of nitrogens with one attached hydrogen (secondary N) is 1. The molecule has 3 aromatic carbocycles. The number of quaternary nitrogens is 1. The smallest absolute Gasteiger partial charge is 0.213 e. The van der Waals surface area contributed by atoms with E-state index in [0.717, 1.165) is 62.2 Å². The first-order chi connectivity index (χ1) is 20.6. The van der Waals surface area contributed by atoms with Gasteiger partial charge in [-0.05, 0) is 67.3 Å². The van der Waals surface area contributed by atoms with Gasteiger partial charge in [-0.15, -0.1) is 0 Å². The Hall–Kier alpha value is -2.54. The molecule has 0 saturated heterocycles. The molecule has 0 atom stereocenters. The highest BCUT2D eigenvalue weighted by molar-refractivity contribution is 5.88. The zero-order valence-corrected chi connectivity index (χ0v) is 30.1. The van der Waals surface area contributed by atoms with E-state index < -0.39 is 0 Å². The van der Waals surface area contributed by atoms with Crippen LogP contribution in [0.4, 0.5) is 10.1 Å². The summed E-state index contributed by atoms with van der Waals surface area (Å²) in [4.78, 5) is 4.12. The molecule has 238 valence electrons. The first-order valence-electron chi connectivity index (χ1n) is 16.2. The Morgan fingerprint density at radius 1 is 0.773 bits per heavy atom. The van der Waals surface area contributed by atoms with Crippen molar-refractivity contribution in [1.82, 2.24) is 0 Å². The maximum atomic E-state index is 15.3. The molecule has 0 aliphatic carbocycles. The molecule has 0 saturated carbocycles. The number of halogens is 3. The molecular weight excluding hydrogens is 677 g/mol. The van der Waals surface area contributed by atoms with Crippen molar-refractivity contribution in [3.63, 3.8) is 0 Å². The standard InChI is InChI=1S/C38H49FN3.2BrH/c1-5-9-25-41(26-10-6-2)34-23-22-32-28-31(20-21-33(32)29-34)16-11-12-17-35-36-18-13-14-19-38(36)42(30-37(35)39)27-15-24-40(7-3)8-4;;/h11-14,16-23,28-30H,5-10,15,24-27H2,1-4H3;2*1H/q+1;;/p-1. The van der Waals surface area contributed by atoms with Gasteiger partial charge in [0, 0.05) is 30.4 Å². The van der Waals surface area contributed by atoms with Gasteiger partial charge in [0.05, 0.1) is 31.4 Å². The van der Waals surface area contributed by atoms with Crippen molar-refractivity contribution in [2.45, 2.75) is 66.3 Å². The molecule has 0 aliphatic heterocycles. The Morgan fingerprint density at radius 3 is 2.14 bits per heavy atom. The summed E-state index contributed by atoms with van der Waals surface area (Å²) < 4.78 is 17.4. The number of rotatable bonds is 16. The molecule has 6 heteroatoms. The maximum Gasteiger partial charge on any atom is 0.213 e. The van der Waals surface area contributed by atoms with Crippen LogP contribution in [-0.2, 0) is 6.54 Å². The van der Waals surface area contributed by atoms with E-state index in [0.29, 0.717) is 5.56 Å². The highest BCUT2D eigenvalue weighted by Gasteiger charge is 2.17. The summed E-state index contributed by atoms with van der Waals surface area (Å²) in [6.45, 7) is 15.4. The Balaban J connectivity index is 0.00000337. The minimum absolute atomic E-state index is 0. The zero-order chi connectivity index (χ0) is 29.7. The van der Waals surface area contributed by atoms with Crippen LogP contribution < -0.4 is 48.3 Å². The van der Waals surface area contributed by atoms with Crippen LogP contribution in [0.25, 0.3) is 33.8 Å². The van der Waals surface area contributed by atoms with E-state index in [2.05, 4.69) is 85.7 Å². The predicted octanol–water partition coefficient (Wildman–Crippen LogP) is 1.88. The van der Waals surface area contributed by atoms with E-state index in [1.54, 1.807) is 11.1 Å². The molecule has 0 radical (unpaired) electrons. The van der Waals surface area contributed by atoms with Crippen LogP contribution >= 0.6 is 0 Å². The van der Waals surface area contributed by atoms with Crippen molar-refractivity contribution in [1.29, 1.82) is 0 Å². The average Bonchev–Trinajstić information content (AvgIpc) is 3.02. The van der Waals surface area contributed by atoms with E-state index in [4.69, 9.17) is 0 Å². The Morgan fingerprint density at radius 2 is 1.43 bits per heavy atom. The second-order valence-electron chi connectivity index (χ2n) is 11.4. The second-order valence-corrected chi connectivity index (χ2v) is 11.4. The number of nitrogens with zero attached hydrogens (tertiary/aromatic N) is 2. The molecule has 1 aromatic heterocycles. The van der Waals surface area contributed by atoms with Crippen LogP contribution in [-0.4, -0.2) is 32.7 Å². The number of benzene rings is 3. The van der Waals surface area contributed by atoms with Crippen molar-refractivity contribution >= 4 is 39.5 Å². The molecule has 44 heavy (non-hydrogen) atoms.